The molecule has 0 bridgehead atoms. The number of aliphatic carboxylic acids is 1. The monoisotopic (exact) mass is 262 g/mol. The molecule has 2 rings (SSSR count). The van der Waals surface area contributed by atoms with Crippen molar-refractivity contribution in [1.29, 1.82) is 0 Å². The number of carboxylic acid groups (broad SMARTS) is 1. The lowest BCUT2D eigenvalue weighted by molar-refractivity contribution is -0.141. The molecule has 19 heavy (non-hydrogen) atoms. The van der Waals surface area contributed by atoms with E-state index in [9.17, 15) is 9.59 Å². The van der Waals surface area contributed by atoms with E-state index in [1.807, 2.05) is 32.0 Å². The number of carbonyl (C=O) groups is 2. The summed E-state index contributed by atoms with van der Waals surface area (Å²) in [7, 11) is 0. The van der Waals surface area contributed by atoms with Gasteiger partial charge in [0.05, 0.1) is 0 Å². The van der Waals surface area contributed by atoms with E-state index >= 15 is 0 Å². The van der Waals surface area contributed by atoms with Crippen LogP contribution in [0.5, 0.6) is 0 Å². The van der Waals surface area contributed by atoms with Gasteiger partial charge in [0.1, 0.15) is 6.04 Å². The number of likely N-dealkylation sites (tertiary alicyclic amines) is 1. The third-order valence-electron chi connectivity index (χ3n) is 3.27. The summed E-state index contributed by atoms with van der Waals surface area (Å²) in [6.45, 7) is 4.41. The summed E-state index contributed by atoms with van der Waals surface area (Å²) in [5.74, 6) is -0.937. The normalized spacial score (nSPS) is 18.4. The van der Waals surface area contributed by atoms with Crippen molar-refractivity contribution in [3.63, 3.8) is 0 Å². The number of carbonyl (C=O) groups excluding carboxylic acids is 1. The summed E-state index contributed by atoms with van der Waals surface area (Å²) in [6, 6.07) is 4.72. The zero-order chi connectivity index (χ0) is 14.0. The Morgan fingerprint density at radius 2 is 1.89 bits per heavy atom. The van der Waals surface area contributed by atoms with Gasteiger partial charge in [-0.2, -0.15) is 0 Å². The number of anilines is 1. The van der Waals surface area contributed by atoms with Gasteiger partial charge in [0, 0.05) is 12.2 Å². The standard InChI is InChI=1S/C14H18N2O3/c1-9-6-10(2)8-11(7-9)15-14(19)16-5-3-4-12(16)13(17)18/h6-8,12H,3-5H2,1-2H3,(H,15,19)(H,17,18)/t12-/m1/s1. The van der Waals surface area contributed by atoms with Crippen LogP contribution in [0, 0.1) is 13.8 Å². The summed E-state index contributed by atoms with van der Waals surface area (Å²) >= 11 is 0. The van der Waals surface area contributed by atoms with Crippen molar-refractivity contribution >= 4 is 17.7 Å². The number of benzene rings is 1. The summed E-state index contributed by atoms with van der Waals surface area (Å²) in [4.78, 5) is 24.5. The third kappa shape index (κ3) is 3.05. The topological polar surface area (TPSA) is 69.6 Å². The van der Waals surface area contributed by atoms with Crippen molar-refractivity contribution in [2.75, 3.05) is 11.9 Å². The molecular weight excluding hydrogens is 244 g/mol. The molecule has 1 atom stereocenters. The third-order valence-corrected chi connectivity index (χ3v) is 3.27. The number of nitrogens with one attached hydrogen (secondary N) is 1. The highest BCUT2D eigenvalue weighted by molar-refractivity contribution is 5.92. The Balaban J connectivity index is 2.10. The molecule has 0 radical (unpaired) electrons. The fraction of sp³-hybridized carbons (Fsp3) is 0.429. The maximum absolute atomic E-state index is 12.1. The molecule has 2 N–H and O–H groups in total. The molecule has 0 unspecified atom stereocenters. The van der Waals surface area contributed by atoms with Crippen LogP contribution >= 0.6 is 0 Å². The molecule has 1 aromatic rings. The Hall–Kier alpha value is -2.04. The highest BCUT2D eigenvalue weighted by Gasteiger charge is 2.33. The fourth-order valence-electron chi connectivity index (χ4n) is 2.51. The maximum atomic E-state index is 12.1. The average molecular weight is 262 g/mol. The molecule has 0 spiro atoms. The van der Waals surface area contributed by atoms with Gasteiger partial charge in [-0.25, -0.2) is 9.59 Å². The molecule has 1 saturated heterocycles. The number of urea groups is 1. The van der Waals surface area contributed by atoms with E-state index in [1.54, 1.807) is 0 Å². The van der Waals surface area contributed by atoms with Crippen molar-refractivity contribution in [3.8, 4) is 0 Å². The summed E-state index contributed by atoms with van der Waals surface area (Å²) in [6.07, 6.45) is 1.26. The van der Waals surface area contributed by atoms with Crippen molar-refractivity contribution in [2.45, 2.75) is 32.7 Å². The Bertz CT molecular complexity index is 493. The first-order valence-electron chi connectivity index (χ1n) is 6.36. The van der Waals surface area contributed by atoms with E-state index < -0.39 is 12.0 Å². The minimum Gasteiger partial charge on any atom is -0.480 e. The van der Waals surface area contributed by atoms with Gasteiger partial charge in [-0.05, 0) is 49.9 Å². The van der Waals surface area contributed by atoms with E-state index in [-0.39, 0.29) is 6.03 Å². The largest absolute Gasteiger partial charge is 0.480 e. The molecule has 1 aliphatic rings. The van der Waals surface area contributed by atoms with Crippen LogP contribution in [0.25, 0.3) is 0 Å². The Kier molecular flexibility index (Phi) is 3.74. The quantitative estimate of drug-likeness (QED) is 0.859. The molecule has 5 nitrogen and oxygen atoms in total. The number of nitrogens with zero attached hydrogens (tertiary/aromatic N) is 1. The van der Waals surface area contributed by atoms with Crippen LogP contribution < -0.4 is 5.32 Å². The average Bonchev–Trinajstić information content (AvgIpc) is 2.75. The summed E-state index contributed by atoms with van der Waals surface area (Å²) < 4.78 is 0. The van der Waals surface area contributed by atoms with Crippen LogP contribution in [0.15, 0.2) is 18.2 Å². The Morgan fingerprint density at radius 1 is 1.26 bits per heavy atom. The SMILES string of the molecule is Cc1cc(C)cc(NC(=O)N2CCC[C@@H]2C(=O)O)c1. The van der Waals surface area contributed by atoms with E-state index in [0.717, 1.165) is 17.5 Å². The molecule has 0 saturated carbocycles. The second-order valence-corrected chi connectivity index (χ2v) is 5.00. The summed E-state index contributed by atoms with van der Waals surface area (Å²) in [5, 5.41) is 11.8. The zero-order valence-corrected chi connectivity index (χ0v) is 11.1. The lowest BCUT2D eigenvalue weighted by atomic mass is 10.1. The van der Waals surface area contributed by atoms with Crippen LogP contribution in [-0.4, -0.2) is 34.6 Å². The van der Waals surface area contributed by atoms with Crippen LogP contribution in [-0.2, 0) is 4.79 Å². The number of amides is 2. The van der Waals surface area contributed by atoms with Gasteiger partial charge in [0.2, 0.25) is 0 Å². The van der Waals surface area contributed by atoms with E-state index in [0.29, 0.717) is 18.7 Å². The second kappa shape index (κ2) is 5.30. The van der Waals surface area contributed by atoms with Crippen LogP contribution in [0.3, 0.4) is 0 Å². The van der Waals surface area contributed by atoms with Gasteiger partial charge in [-0.15, -0.1) is 0 Å². The number of hydrogen-bond donors (Lipinski definition) is 2. The van der Waals surface area contributed by atoms with Crippen LogP contribution in [0.1, 0.15) is 24.0 Å². The lowest BCUT2D eigenvalue weighted by Gasteiger charge is -2.22. The van der Waals surface area contributed by atoms with Crippen molar-refractivity contribution in [2.24, 2.45) is 0 Å². The van der Waals surface area contributed by atoms with Gasteiger partial charge in [0.25, 0.3) is 0 Å². The first-order chi connectivity index (χ1) is 8.97. The molecule has 102 valence electrons. The Morgan fingerprint density at radius 3 is 2.47 bits per heavy atom. The maximum Gasteiger partial charge on any atom is 0.326 e. The molecule has 0 aromatic heterocycles. The molecule has 1 fully saturated rings. The summed E-state index contributed by atoms with van der Waals surface area (Å²) in [5.41, 5.74) is 2.83. The number of aryl methyl sites for hydroxylation is 2. The number of hydrogen-bond acceptors (Lipinski definition) is 2. The first kappa shape index (κ1) is 13.4. The molecular formula is C14H18N2O3. The lowest BCUT2D eigenvalue weighted by Crippen LogP contribution is -2.42. The Labute approximate surface area is 112 Å². The second-order valence-electron chi connectivity index (χ2n) is 5.00. The van der Waals surface area contributed by atoms with Gasteiger partial charge in [-0.3, -0.25) is 0 Å². The minimum absolute atomic E-state index is 0.338. The fourth-order valence-corrected chi connectivity index (χ4v) is 2.51. The first-order valence-corrected chi connectivity index (χ1v) is 6.36. The van der Waals surface area contributed by atoms with E-state index in [1.165, 1.54) is 4.90 Å². The predicted octanol–water partition coefficient (Wildman–Crippen LogP) is 2.38. The molecule has 1 heterocycles. The van der Waals surface area contributed by atoms with Crippen LogP contribution in [0.2, 0.25) is 0 Å². The van der Waals surface area contributed by atoms with E-state index in [4.69, 9.17) is 5.11 Å². The van der Waals surface area contributed by atoms with E-state index in [2.05, 4.69) is 5.32 Å². The van der Waals surface area contributed by atoms with Crippen molar-refractivity contribution in [3.05, 3.63) is 29.3 Å². The molecule has 5 heteroatoms. The molecule has 1 aliphatic heterocycles. The van der Waals surface area contributed by atoms with Crippen molar-refractivity contribution < 1.29 is 14.7 Å². The smallest absolute Gasteiger partial charge is 0.326 e. The predicted molar refractivity (Wildman–Crippen MR) is 72.3 cm³/mol. The zero-order valence-electron chi connectivity index (χ0n) is 11.1. The number of carboxylic acids is 1. The van der Waals surface area contributed by atoms with Gasteiger partial charge < -0.3 is 15.3 Å². The number of rotatable bonds is 2. The van der Waals surface area contributed by atoms with Gasteiger partial charge >= 0.3 is 12.0 Å². The van der Waals surface area contributed by atoms with Gasteiger partial charge in [0.15, 0.2) is 0 Å². The van der Waals surface area contributed by atoms with Crippen LogP contribution in [0.4, 0.5) is 10.5 Å². The van der Waals surface area contributed by atoms with Gasteiger partial charge in [-0.1, -0.05) is 6.07 Å². The molecule has 0 aliphatic carbocycles. The molecule has 1 aromatic carbocycles. The minimum atomic E-state index is -0.937. The van der Waals surface area contributed by atoms with Crippen molar-refractivity contribution in [1.82, 2.24) is 4.90 Å². The molecule has 2 amide bonds. The highest BCUT2D eigenvalue weighted by Crippen LogP contribution is 2.20. The highest BCUT2D eigenvalue weighted by atomic mass is 16.4.